The lowest BCUT2D eigenvalue weighted by Crippen LogP contribution is -2.42. The molecule has 0 aromatic heterocycles. The fraction of sp³-hybridized carbons (Fsp3) is 0.455. The highest BCUT2D eigenvalue weighted by atomic mass is 32.2. The van der Waals surface area contributed by atoms with Gasteiger partial charge in [0.2, 0.25) is 10.0 Å². The summed E-state index contributed by atoms with van der Waals surface area (Å²) in [6.07, 6.45) is 1.67. The van der Waals surface area contributed by atoms with E-state index >= 15 is 0 Å². The topological polar surface area (TPSA) is 58.2 Å². The predicted octanol–water partition coefficient (Wildman–Crippen LogP) is 1.01. The van der Waals surface area contributed by atoms with Gasteiger partial charge in [-0.15, -0.1) is 12.6 Å². The van der Waals surface area contributed by atoms with E-state index in [9.17, 15) is 8.42 Å². The van der Waals surface area contributed by atoms with E-state index in [2.05, 4.69) is 22.7 Å². The summed E-state index contributed by atoms with van der Waals surface area (Å²) in [4.78, 5) is 1.06. The van der Waals surface area contributed by atoms with Gasteiger partial charge in [0.25, 0.3) is 0 Å². The van der Waals surface area contributed by atoms with Crippen LogP contribution < -0.4 is 10.0 Å². The minimum Gasteiger partial charge on any atom is -0.317 e. The molecule has 1 aliphatic heterocycles. The standard InChI is InChI=1S/C11H16N2O2S2/c14-17(15,11-3-1-10(16)2-4-11)13-9-5-7-12-8-6-9/h1-4,9,12-13,16H,5-8H2. The summed E-state index contributed by atoms with van der Waals surface area (Å²) in [7, 11) is -3.39. The summed E-state index contributed by atoms with van der Waals surface area (Å²) in [6, 6.07) is 6.55. The molecule has 1 aromatic rings. The highest BCUT2D eigenvalue weighted by Gasteiger charge is 2.21. The lowest BCUT2D eigenvalue weighted by molar-refractivity contribution is 0.427. The number of hydrogen-bond donors (Lipinski definition) is 3. The Balaban J connectivity index is 2.10. The van der Waals surface area contributed by atoms with Gasteiger partial charge in [0.1, 0.15) is 0 Å². The van der Waals surface area contributed by atoms with Crippen LogP contribution in [-0.4, -0.2) is 27.5 Å². The largest absolute Gasteiger partial charge is 0.317 e. The highest BCUT2D eigenvalue weighted by Crippen LogP contribution is 2.14. The van der Waals surface area contributed by atoms with Crippen LogP contribution in [0.25, 0.3) is 0 Å². The van der Waals surface area contributed by atoms with Gasteiger partial charge in [0, 0.05) is 10.9 Å². The quantitative estimate of drug-likeness (QED) is 0.720. The van der Waals surface area contributed by atoms with E-state index in [1.165, 1.54) is 0 Å². The molecule has 0 bridgehead atoms. The monoisotopic (exact) mass is 272 g/mol. The average molecular weight is 272 g/mol. The van der Waals surface area contributed by atoms with Crippen molar-refractivity contribution in [1.82, 2.24) is 10.0 Å². The van der Waals surface area contributed by atoms with E-state index in [0.29, 0.717) is 4.90 Å². The van der Waals surface area contributed by atoms with Gasteiger partial charge in [-0.1, -0.05) is 0 Å². The second-order valence-electron chi connectivity index (χ2n) is 4.14. The van der Waals surface area contributed by atoms with Crippen LogP contribution in [0.1, 0.15) is 12.8 Å². The summed E-state index contributed by atoms with van der Waals surface area (Å²) in [5, 5.41) is 3.20. The Morgan fingerprint density at radius 1 is 1.18 bits per heavy atom. The van der Waals surface area contributed by atoms with E-state index < -0.39 is 10.0 Å². The van der Waals surface area contributed by atoms with Crippen molar-refractivity contribution < 1.29 is 8.42 Å². The van der Waals surface area contributed by atoms with Gasteiger partial charge in [0.15, 0.2) is 0 Å². The molecule has 1 fully saturated rings. The van der Waals surface area contributed by atoms with Crippen molar-refractivity contribution in [3.63, 3.8) is 0 Å². The molecule has 1 saturated heterocycles. The zero-order valence-corrected chi connectivity index (χ0v) is 11.1. The van der Waals surface area contributed by atoms with E-state index in [-0.39, 0.29) is 6.04 Å². The SMILES string of the molecule is O=S(=O)(NC1CCNCC1)c1ccc(S)cc1. The maximum Gasteiger partial charge on any atom is 0.240 e. The first-order chi connectivity index (χ1) is 8.08. The van der Waals surface area contributed by atoms with Crippen molar-refractivity contribution in [2.24, 2.45) is 0 Å². The molecule has 0 amide bonds. The number of nitrogens with one attached hydrogen (secondary N) is 2. The van der Waals surface area contributed by atoms with E-state index in [0.717, 1.165) is 30.8 Å². The molecule has 2 N–H and O–H groups in total. The van der Waals surface area contributed by atoms with Crippen LogP contribution in [-0.2, 0) is 10.0 Å². The third-order valence-electron chi connectivity index (χ3n) is 2.81. The van der Waals surface area contributed by atoms with Crippen LogP contribution in [0.4, 0.5) is 0 Å². The highest BCUT2D eigenvalue weighted by molar-refractivity contribution is 7.89. The minimum atomic E-state index is -3.39. The fourth-order valence-electron chi connectivity index (χ4n) is 1.85. The molecular formula is C11H16N2O2S2. The predicted molar refractivity (Wildman–Crippen MR) is 69.9 cm³/mol. The number of piperidine rings is 1. The maximum absolute atomic E-state index is 12.1. The third kappa shape index (κ3) is 3.45. The molecule has 0 radical (unpaired) electrons. The normalized spacial score (nSPS) is 18.2. The smallest absolute Gasteiger partial charge is 0.240 e. The zero-order chi connectivity index (χ0) is 12.3. The Morgan fingerprint density at radius 3 is 2.35 bits per heavy atom. The van der Waals surface area contributed by atoms with E-state index in [1.54, 1.807) is 24.3 Å². The van der Waals surface area contributed by atoms with Crippen LogP contribution in [0, 0.1) is 0 Å². The second kappa shape index (κ2) is 5.39. The molecule has 0 atom stereocenters. The molecule has 0 spiro atoms. The van der Waals surface area contributed by atoms with Crippen LogP contribution in [0.15, 0.2) is 34.1 Å². The van der Waals surface area contributed by atoms with Crippen molar-refractivity contribution in [2.75, 3.05) is 13.1 Å². The fourth-order valence-corrected chi connectivity index (χ4v) is 3.31. The van der Waals surface area contributed by atoms with Crippen LogP contribution >= 0.6 is 12.6 Å². The first-order valence-electron chi connectivity index (χ1n) is 5.60. The lowest BCUT2D eigenvalue weighted by Gasteiger charge is -2.23. The molecular weight excluding hydrogens is 256 g/mol. The molecule has 0 saturated carbocycles. The maximum atomic E-state index is 12.1. The van der Waals surface area contributed by atoms with Crippen LogP contribution in [0.3, 0.4) is 0 Å². The third-order valence-corrected chi connectivity index (χ3v) is 4.64. The number of benzene rings is 1. The molecule has 4 nitrogen and oxygen atoms in total. The molecule has 1 aromatic carbocycles. The van der Waals surface area contributed by atoms with Gasteiger partial charge in [-0.3, -0.25) is 0 Å². The van der Waals surface area contributed by atoms with Gasteiger partial charge < -0.3 is 5.32 Å². The minimum absolute atomic E-state index is 0.0388. The van der Waals surface area contributed by atoms with Gasteiger partial charge in [-0.25, -0.2) is 13.1 Å². The molecule has 1 aliphatic rings. The average Bonchev–Trinajstić information content (AvgIpc) is 2.30. The van der Waals surface area contributed by atoms with Gasteiger partial charge in [0.05, 0.1) is 4.90 Å². The molecule has 0 aliphatic carbocycles. The van der Waals surface area contributed by atoms with Crippen molar-refractivity contribution in [1.29, 1.82) is 0 Å². The Hall–Kier alpha value is -0.560. The first kappa shape index (κ1) is 12.9. The van der Waals surface area contributed by atoms with E-state index in [1.807, 2.05) is 0 Å². The number of thiol groups is 1. The van der Waals surface area contributed by atoms with Gasteiger partial charge in [-0.05, 0) is 50.2 Å². The Morgan fingerprint density at radius 2 is 1.76 bits per heavy atom. The van der Waals surface area contributed by atoms with Gasteiger partial charge >= 0.3 is 0 Å². The molecule has 17 heavy (non-hydrogen) atoms. The summed E-state index contributed by atoms with van der Waals surface area (Å²) in [5.74, 6) is 0. The molecule has 0 unspecified atom stereocenters. The molecule has 2 rings (SSSR count). The summed E-state index contributed by atoms with van der Waals surface area (Å²) < 4.78 is 26.8. The van der Waals surface area contributed by atoms with Crippen LogP contribution in [0.2, 0.25) is 0 Å². The number of rotatable bonds is 3. The lowest BCUT2D eigenvalue weighted by atomic mass is 10.1. The van der Waals surface area contributed by atoms with Crippen LogP contribution in [0.5, 0.6) is 0 Å². The van der Waals surface area contributed by atoms with Crippen molar-refractivity contribution >= 4 is 22.7 Å². The second-order valence-corrected chi connectivity index (χ2v) is 6.37. The summed E-state index contributed by atoms with van der Waals surface area (Å²) >= 11 is 4.13. The van der Waals surface area contributed by atoms with Crippen molar-refractivity contribution in [3.05, 3.63) is 24.3 Å². The Kier molecular flexibility index (Phi) is 4.09. The molecule has 1 heterocycles. The summed E-state index contributed by atoms with van der Waals surface area (Å²) in [6.45, 7) is 1.73. The van der Waals surface area contributed by atoms with Crippen molar-refractivity contribution in [2.45, 2.75) is 28.7 Å². The Labute approximate surface area is 107 Å². The number of sulfonamides is 1. The van der Waals surface area contributed by atoms with Crippen molar-refractivity contribution in [3.8, 4) is 0 Å². The molecule has 94 valence electrons. The first-order valence-corrected chi connectivity index (χ1v) is 7.53. The number of hydrogen-bond acceptors (Lipinski definition) is 4. The zero-order valence-electron chi connectivity index (χ0n) is 9.39. The van der Waals surface area contributed by atoms with Gasteiger partial charge in [-0.2, -0.15) is 0 Å². The molecule has 6 heteroatoms. The summed E-state index contributed by atoms with van der Waals surface area (Å²) in [5.41, 5.74) is 0. The Bertz CT molecular complexity index is 465. The van der Waals surface area contributed by atoms with E-state index in [4.69, 9.17) is 0 Å².